The average Bonchev–Trinajstić information content (AvgIpc) is 3.01. The quantitative estimate of drug-likeness (QED) is 0.793. The van der Waals surface area contributed by atoms with E-state index < -0.39 is 0 Å². The molecule has 112 valence electrons. The van der Waals surface area contributed by atoms with Crippen molar-refractivity contribution in [3.63, 3.8) is 0 Å². The number of rotatable bonds is 8. The van der Waals surface area contributed by atoms with Crippen molar-refractivity contribution in [2.45, 2.75) is 31.8 Å². The van der Waals surface area contributed by atoms with Crippen LogP contribution in [-0.2, 0) is 4.74 Å². The minimum absolute atomic E-state index is 0.439. The first-order valence-electron chi connectivity index (χ1n) is 7.54. The number of hydrogen-bond acceptors (Lipinski definition) is 4. The maximum absolute atomic E-state index is 5.71. The molecule has 0 bridgehead atoms. The van der Waals surface area contributed by atoms with Gasteiger partial charge in [0.2, 0.25) is 0 Å². The van der Waals surface area contributed by atoms with Crippen molar-refractivity contribution in [1.29, 1.82) is 0 Å². The smallest absolute Gasteiger partial charge is 0.119 e. The van der Waals surface area contributed by atoms with Gasteiger partial charge in [-0.05, 0) is 56.5 Å². The molecule has 1 aromatic rings. The van der Waals surface area contributed by atoms with Gasteiger partial charge in [0.25, 0.3) is 0 Å². The highest BCUT2D eigenvalue weighted by molar-refractivity contribution is 5.49. The molecule has 0 radical (unpaired) electrons. The van der Waals surface area contributed by atoms with Gasteiger partial charge in [0.15, 0.2) is 0 Å². The highest BCUT2D eigenvalue weighted by Gasteiger charge is 2.17. The van der Waals surface area contributed by atoms with Gasteiger partial charge in [-0.1, -0.05) is 0 Å². The summed E-state index contributed by atoms with van der Waals surface area (Å²) < 4.78 is 10.9. The molecule has 1 heterocycles. The molecule has 1 aliphatic heterocycles. The fraction of sp³-hybridized carbons (Fsp3) is 0.625. The summed E-state index contributed by atoms with van der Waals surface area (Å²) in [6.45, 7) is 3.68. The summed E-state index contributed by atoms with van der Waals surface area (Å²) in [6.07, 6.45) is 4.95. The summed E-state index contributed by atoms with van der Waals surface area (Å²) in [4.78, 5) is 2.40. The first-order chi connectivity index (χ1) is 9.83. The fourth-order valence-electron chi connectivity index (χ4n) is 2.62. The molecule has 20 heavy (non-hydrogen) atoms. The van der Waals surface area contributed by atoms with Gasteiger partial charge in [0.05, 0.1) is 13.2 Å². The van der Waals surface area contributed by atoms with Crippen LogP contribution in [0.2, 0.25) is 0 Å². The lowest BCUT2D eigenvalue weighted by Crippen LogP contribution is -2.29. The summed E-state index contributed by atoms with van der Waals surface area (Å²) >= 11 is 0. The van der Waals surface area contributed by atoms with Gasteiger partial charge in [-0.3, -0.25) is 0 Å². The van der Waals surface area contributed by atoms with E-state index in [4.69, 9.17) is 15.2 Å². The second-order valence-electron chi connectivity index (χ2n) is 5.25. The number of nitrogens with zero attached hydrogens (tertiary/aromatic N) is 1. The zero-order valence-electron chi connectivity index (χ0n) is 12.4. The van der Waals surface area contributed by atoms with Crippen LogP contribution in [0.15, 0.2) is 24.3 Å². The van der Waals surface area contributed by atoms with E-state index in [1.807, 2.05) is 12.1 Å². The highest BCUT2D eigenvalue weighted by atomic mass is 16.5. The Labute approximate surface area is 121 Å². The Kier molecular flexibility index (Phi) is 6.15. The SMILES string of the molecule is COc1ccc(N(CCCN)CCC2CCCO2)cc1. The van der Waals surface area contributed by atoms with E-state index in [1.165, 1.54) is 18.5 Å². The number of hydrogen-bond donors (Lipinski definition) is 1. The van der Waals surface area contributed by atoms with Crippen LogP contribution in [0.25, 0.3) is 0 Å². The van der Waals surface area contributed by atoms with E-state index in [9.17, 15) is 0 Å². The van der Waals surface area contributed by atoms with E-state index in [0.29, 0.717) is 6.10 Å². The van der Waals surface area contributed by atoms with Gasteiger partial charge >= 0.3 is 0 Å². The highest BCUT2D eigenvalue weighted by Crippen LogP contribution is 2.22. The van der Waals surface area contributed by atoms with Crippen LogP contribution in [0.5, 0.6) is 5.75 Å². The van der Waals surface area contributed by atoms with Gasteiger partial charge in [-0.15, -0.1) is 0 Å². The van der Waals surface area contributed by atoms with Crippen LogP contribution in [0.3, 0.4) is 0 Å². The molecule has 1 saturated heterocycles. The van der Waals surface area contributed by atoms with E-state index >= 15 is 0 Å². The molecule has 0 spiro atoms. The van der Waals surface area contributed by atoms with Gasteiger partial charge in [0.1, 0.15) is 5.75 Å². The number of anilines is 1. The van der Waals surface area contributed by atoms with Crippen LogP contribution in [0.1, 0.15) is 25.7 Å². The zero-order chi connectivity index (χ0) is 14.2. The van der Waals surface area contributed by atoms with E-state index in [-0.39, 0.29) is 0 Å². The summed E-state index contributed by atoms with van der Waals surface area (Å²) in [7, 11) is 1.69. The second kappa shape index (κ2) is 8.12. The normalized spacial score (nSPS) is 18.2. The Hall–Kier alpha value is -1.26. The van der Waals surface area contributed by atoms with Crippen molar-refractivity contribution in [2.24, 2.45) is 5.73 Å². The van der Waals surface area contributed by atoms with Crippen molar-refractivity contribution in [1.82, 2.24) is 0 Å². The first kappa shape index (κ1) is 15.1. The average molecular weight is 278 g/mol. The molecule has 2 rings (SSSR count). The van der Waals surface area contributed by atoms with Crippen molar-refractivity contribution in [3.8, 4) is 5.75 Å². The first-order valence-corrected chi connectivity index (χ1v) is 7.54. The van der Waals surface area contributed by atoms with E-state index in [2.05, 4.69) is 17.0 Å². The Balaban J connectivity index is 1.93. The zero-order valence-corrected chi connectivity index (χ0v) is 12.4. The van der Waals surface area contributed by atoms with Crippen molar-refractivity contribution >= 4 is 5.69 Å². The fourth-order valence-corrected chi connectivity index (χ4v) is 2.62. The third kappa shape index (κ3) is 4.39. The topological polar surface area (TPSA) is 47.7 Å². The summed E-state index contributed by atoms with van der Waals surface area (Å²) in [6, 6.07) is 8.25. The number of benzene rings is 1. The number of ether oxygens (including phenoxy) is 2. The van der Waals surface area contributed by atoms with Gasteiger partial charge in [-0.25, -0.2) is 0 Å². The molecule has 2 N–H and O–H groups in total. The molecule has 4 nitrogen and oxygen atoms in total. The monoisotopic (exact) mass is 278 g/mol. The summed E-state index contributed by atoms with van der Waals surface area (Å²) in [5.41, 5.74) is 6.88. The van der Waals surface area contributed by atoms with Gasteiger partial charge in [0, 0.05) is 25.4 Å². The summed E-state index contributed by atoms with van der Waals surface area (Å²) in [5, 5.41) is 0. The Bertz CT molecular complexity index is 375. The Morgan fingerprint density at radius 3 is 2.70 bits per heavy atom. The standard InChI is InChI=1S/C16H26N2O2/c1-19-15-7-5-14(6-8-15)18(11-3-10-17)12-9-16-4-2-13-20-16/h5-8,16H,2-4,9-13,17H2,1H3. The maximum atomic E-state index is 5.71. The van der Waals surface area contributed by atoms with Crippen LogP contribution in [0.4, 0.5) is 5.69 Å². The molecule has 0 aromatic heterocycles. The van der Waals surface area contributed by atoms with Gasteiger partial charge in [-0.2, -0.15) is 0 Å². The summed E-state index contributed by atoms with van der Waals surface area (Å²) in [5.74, 6) is 0.895. The Morgan fingerprint density at radius 1 is 1.30 bits per heavy atom. The molecule has 1 unspecified atom stereocenters. The van der Waals surface area contributed by atoms with Gasteiger partial charge < -0.3 is 20.1 Å². The lowest BCUT2D eigenvalue weighted by Gasteiger charge is -2.26. The van der Waals surface area contributed by atoms with E-state index in [0.717, 1.165) is 44.8 Å². The molecule has 1 atom stereocenters. The van der Waals surface area contributed by atoms with Crippen LogP contribution in [0, 0.1) is 0 Å². The third-order valence-corrected chi connectivity index (χ3v) is 3.81. The molecule has 1 aliphatic rings. The van der Waals surface area contributed by atoms with Crippen molar-refractivity contribution in [3.05, 3.63) is 24.3 Å². The molecule has 0 aliphatic carbocycles. The molecule has 0 amide bonds. The predicted molar refractivity (Wildman–Crippen MR) is 82.5 cm³/mol. The Morgan fingerprint density at radius 2 is 2.10 bits per heavy atom. The maximum Gasteiger partial charge on any atom is 0.119 e. The minimum atomic E-state index is 0.439. The third-order valence-electron chi connectivity index (χ3n) is 3.81. The van der Waals surface area contributed by atoms with Crippen LogP contribution < -0.4 is 15.4 Å². The minimum Gasteiger partial charge on any atom is -0.497 e. The van der Waals surface area contributed by atoms with Crippen LogP contribution in [-0.4, -0.2) is 39.5 Å². The lowest BCUT2D eigenvalue weighted by molar-refractivity contribution is 0.105. The van der Waals surface area contributed by atoms with E-state index in [1.54, 1.807) is 7.11 Å². The molecule has 1 fully saturated rings. The largest absolute Gasteiger partial charge is 0.497 e. The molecule has 4 heteroatoms. The van der Waals surface area contributed by atoms with Crippen LogP contribution >= 0.6 is 0 Å². The number of nitrogens with two attached hydrogens (primary N) is 1. The molecule has 0 saturated carbocycles. The molecular weight excluding hydrogens is 252 g/mol. The second-order valence-corrected chi connectivity index (χ2v) is 5.25. The van der Waals surface area contributed by atoms with Crippen molar-refractivity contribution < 1.29 is 9.47 Å². The molecule has 1 aromatic carbocycles. The molecular formula is C16H26N2O2. The van der Waals surface area contributed by atoms with Crippen molar-refractivity contribution in [2.75, 3.05) is 38.3 Å². The predicted octanol–water partition coefficient (Wildman–Crippen LogP) is 2.42. The number of methoxy groups -OCH3 is 1. The lowest BCUT2D eigenvalue weighted by atomic mass is 10.1.